The van der Waals surface area contributed by atoms with Gasteiger partial charge in [0.1, 0.15) is 11.7 Å². The van der Waals surface area contributed by atoms with Gasteiger partial charge in [-0.1, -0.05) is 30.3 Å². The topological polar surface area (TPSA) is 63.2 Å². The van der Waals surface area contributed by atoms with Gasteiger partial charge in [0, 0.05) is 5.56 Å². The Morgan fingerprint density at radius 1 is 0.964 bits per heavy atom. The number of ether oxygens (including phenoxy) is 1. The average molecular weight is 395 g/mol. The highest BCUT2D eigenvalue weighted by molar-refractivity contribution is 5.83. The minimum Gasteiger partial charge on any atom is -0.457 e. The quantitative estimate of drug-likeness (QED) is 0.356. The van der Waals surface area contributed by atoms with Crippen molar-refractivity contribution in [3.05, 3.63) is 35.9 Å². The zero-order valence-electron chi connectivity index (χ0n) is 18.3. The summed E-state index contributed by atoms with van der Waals surface area (Å²) in [6.45, 7) is 15.3. The molecule has 2 atom stereocenters. The fourth-order valence-corrected chi connectivity index (χ4v) is 2.79. The van der Waals surface area contributed by atoms with E-state index < -0.39 is 28.9 Å². The summed E-state index contributed by atoms with van der Waals surface area (Å²) < 4.78 is 5.87. The summed E-state index contributed by atoms with van der Waals surface area (Å²) in [5, 5.41) is 0. The van der Waals surface area contributed by atoms with Crippen molar-refractivity contribution in [1.82, 2.24) is 0 Å². The van der Waals surface area contributed by atoms with Crippen LogP contribution in [0.25, 0.3) is 0 Å². The number of carbonyl (C=O) groups excluding carboxylic acids is 1. The van der Waals surface area contributed by atoms with E-state index in [1.807, 2.05) is 78.8 Å². The summed E-state index contributed by atoms with van der Waals surface area (Å²) in [5.41, 5.74) is -2.13. The lowest BCUT2D eigenvalue weighted by Gasteiger charge is -2.44. The van der Waals surface area contributed by atoms with Gasteiger partial charge >= 0.3 is 5.97 Å². The molecule has 0 N–H and O–H groups in total. The highest BCUT2D eigenvalue weighted by atomic mass is 17.3. The van der Waals surface area contributed by atoms with Crippen LogP contribution in [0.4, 0.5) is 0 Å². The van der Waals surface area contributed by atoms with E-state index in [2.05, 4.69) is 0 Å². The van der Waals surface area contributed by atoms with Crippen molar-refractivity contribution in [1.29, 1.82) is 0 Å². The summed E-state index contributed by atoms with van der Waals surface area (Å²) in [6.07, 6.45) is 0.812. The maximum Gasteiger partial charge on any atom is 0.350 e. The predicted octanol–water partition coefficient (Wildman–Crippen LogP) is 4.86. The van der Waals surface area contributed by atoms with Crippen molar-refractivity contribution < 1.29 is 29.1 Å². The van der Waals surface area contributed by atoms with E-state index in [4.69, 9.17) is 24.3 Å². The minimum absolute atomic E-state index is 0.390. The van der Waals surface area contributed by atoms with Gasteiger partial charge in [0.15, 0.2) is 0 Å². The maximum atomic E-state index is 13.1. The number of benzene rings is 1. The molecule has 0 saturated carbocycles. The molecule has 1 fully saturated rings. The molecular formula is C22H34O6. The molecule has 1 heterocycles. The van der Waals surface area contributed by atoms with Gasteiger partial charge in [-0.3, -0.25) is 0 Å². The third-order valence-corrected chi connectivity index (χ3v) is 4.62. The third-order valence-electron chi connectivity index (χ3n) is 4.62. The summed E-state index contributed by atoms with van der Waals surface area (Å²) in [5.74, 6) is -0.452. The Kier molecular flexibility index (Phi) is 6.61. The first kappa shape index (κ1) is 22.8. The van der Waals surface area contributed by atoms with Crippen molar-refractivity contribution in [2.75, 3.05) is 0 Å². The molecule has 0 aromatic heterocycles. The molecule has 158 valence electrons. The Balaban J connectivity index is 2.01. The average Bonchev–Trinajstić information content (AvgIpc) is 2.58. The molecule has 0 spiro atoms. The van der Waals surface area contributed by atoms with Crippen LogP contribution >= 0.6 is 0 Å². The molecule has 28 heavy (non-hydrogen) atoms. The summed E-state index contributed by atoms with van der Waals surface area (Å²) in [7, 11) is 0. The highest BCUT2D eigenvalue weighted by Gasteiger charge is 2.59. The van der Waals surface area contributed by atoms with Gasteiger partial charge in [-0.05, 0) is 68.2 Å². The Bertz CT molecular complexity index is 661. The molecule has 0 bridgehead atoms. The first-order chi connectivity index (χ1) is 12.8. The lowest BCUT2D eigenvalue weighted by molar-refractivity contribution is -0.501. The van der Waals surface area contributed by atoms with Crippen LogP contribution < -0.4 is 0 Å². The smallest absolute Gasteiger partial charge is 0.350 e. The van der Waals surface area contributed by atoms with Crippen LogP contribution in [0.5, 0.6) is 0 Å². The highest BCUT2D eigenvalue weighted by Crippen LogP contribution is 2.42. The fraction of sp³-hybridized carbons (Fsp3) is 0.682. The van der Waals surface area contributed by atoms with Gasteiger partial charge in [-0.15, -0.1) is 0 Å². The summed E-state index contributed by atoms with van der Waals surface area (Å²) in [4.78, 5) is 34.5. The van der Waals surface area contributed by atoms with Crippen LogP contribution in [-0.4, -0.2) is 28.9 Å². The van der Waals surface area contributed by atoms with Crippen molar-refractivity contribution >= 4 is 5.97 Å². The van der Waals surface area contributed by atoms with Crippen LogP contribution in [0.15, 0.2) is 30.3 Å². The first-order valence-corrected chi connectivity index (χ1v) is 9.78. The SMILES string of the molecule is CC1OOC1(C(=O)OC(C)(C)CCC(C)(C)OOC(C)(C)C)c1ccccc1. The lowest BCUT2D eigenvalue weighted by Crippen LogP contribution is -2.59. The Morgan fingerprint density at radius 2 is 1.54 bits per heavy atom. The molecule has 2 unspecified atom stereocenters. The van der Waals surface area contributed by atoms with E-state index in [0.717, 1.165) is 5.56 Å². The van der Waals surface area contributed by atoms with Crippen molar-refractivity contribution in [3.8, 4) is 0 Å². The van der Waals surface area contributed by atoms with Crippen molar-refractivity contribution in [3.63, 3.8) is 0 Å². The largest absolute Gasteiger partial charge is 0.457 e. The second-order valence-corrected chi connectivity index (χ2v) is 9.61. The zero-order valence-corrected chi connectivity index (χ0v) is 18.3. The normalized spacial score (nSPS) is 23.2. The maximum absolute atomic E-state index is 13.1. The monoisotopic (exact) mass is 394 g/mol. The number of carbonyl (C=O) groups is 1. The second kappa shape index (κ2) is 8.11. The molecule has 1 aromatic rings. The Labute approximate surface area is 168 Å². The molecule has 6 nitrogen and oxygen atoms in total. The molecule has 0 amide bonds. The standard InChI is InChI=1S/C22H34O6/c1-16-22(28-25-16,17-12-10-9-11-13-17)18(23)24-20(5,6)14-15-21(7,8)27-26-19(2,3)4/h9-13,16H,14-15H2,1-8H3. The first-order valence-electron chi connectivity index (χ1n) is 9.78. The third kappa shape index (κ3) is 5.54. The van der Waals surface area contributed by atoms with Gasteiger partial charge in [-0.2, -0.15) is 0 Å². The Morgan fingerprint density at radius 3 is 2.00 bits per heavy atom. The minimum atomic E-state index is -1.24. The van der Waals surface area contributed by atoms with E-state index in [0.29, 0.717) is 12.8 Å². The Hall–Kier alpha value is -1.47. The number of esters is 1. The molecule has 0 aliphatic carbocycles. The fourth-order valence-electron chi connectivity index (χ4n) is 2.79. The van der Waals surface area contributed by atoms with Crippen molar-refractivity contribution in [2.45, 2.75) is 96.7 Å². The summed E-state index contributed by atoms with van der Waals surface area (Å²) >= 11 is 0. The number of hydrogen-bond acceptors (Lipinski definition) is 6. The lowest BCUT2D eigenvalue weighted by atomic mass is 9.86. The summed E-state index contributed by atoms with van der Waals surface area (Å²) in [6, 6.07) is 9.29. The van der Waals surface area contributed by atoms with Gasteiger partial charge in [0.2, 0.25) is 0 Å². The number of hydrogen-bond donors (Lipinski definition) is 0. The molecule has 6 heteroatoms. The second-order valence-electron chi connectivity index (χ2n) is 9.61. The van der Waals surface area contributed by atoms with Gasteiger partial charge in [0.05, 0.1) is 11.2 Å². The van der Waals surface area contributed by atoms with Gasteiger partial charge < -0.3 is 4.74 Å². The van der Waals surface area contributed by atoms with E-state index in [9.17, 15) is 4.79 Å². The molecule has 1 aromatic carbocycles. The molecule has 0 radical (unpaired) electrons. The van der Waals surface area contributed by atoms with Crippen LogP contribution in [0.1, 0.15) is 73.8 Å². The van der Waals surface area contributed by atoms with E-state index in [1.165, 1.54) is 0 Å². The van der Waals surface area contributed by atoms with E-state index >= 15 is 0 Å². The number of rotatable bonds is 8. The zero-order chi connectivity index (χ0) is 21.2. The van der Waals surface area contributed by atoms with Crippen molar-refractivity contribution in [2.24, 2.45) is 0 Å². The molecular weight excluding hydrogens is 360 g/mol. The molecule has 1 aliphatic rings. The van der Waals surface area contributed by atoms with Gasteiger partial charge in [0.25, 0.3) is 5.60 Å². The molecule has 2 rings (SSSR count). The van der Waals surface area contributed by atoms with E-state index in [1.54, 1.807) is 6.92 Å². The van der Waals surface area contributed by atoms with Crippen LogP contribution in [0.2, 0.25) is 0 Å². The predicted molar refractivity (Wildman–Crippen MR) is 105 cm³/mol. The van der Waals surface area contributed by atoms with Crippen LogP contribution in [0, 0.1) is 0 Å². The molecule has 1 aliphatic heterocycles. The van der Waals surface area contributed by atoms with Gasteiger partial charge in [-0.25, -0.2) is 24.3 Å². The van der Waals surface area contributed by atoms with Crippen LogP contribution in [-0.2, 0) is 34.7 Å². The van der Waals surface area contributed by atoms with E-state index in [-0.39, 0.29) is 5.60 Å². The molecule has 1 saturated heterocycles. The van der Waals surface area contributed by atoms with Crippen LogP contribution in [0.3, 0.4) is 0 Å².